The maximum atomic E-state index is 0. The third-order valence-electron chi connectivity index (χ3n) is 0. The molecule has 0 bridgehead atoms. The molecule has 4 heteroatoms. The van der Waals surface area contributed by atoms with E-state index in [0.717, 1.165) is 0 Å². The van der Waals surface area contributed by atoms with Crippen LogP contribution >= 0.6 is 0 Å². The average molecular weight is 447 g/mol. The minimum Gasteiger partial charge on any atom is 0 e. The van der Waals surface area contributed by atoms with Crippen LogP contribution in [0, 0.1) is 107 Å². The number of hydrogen-bond donors (Lipinski definition) is 0. The normalized spacial score (nSPS) is 0. The van der Waals surface area contributed by atoms with Crippen LogP contribution in [0.25, 0.3) is 0 Å². The predicted molar refractivity (Wildman–Crippen MR) is 9.94 cm³/mol. The summed E-state index contributed by atoms with van der Waals surface area (Å²) in [6.07, 6.45) is 0. The van der Waals surface area contributed by atoms with Gasteiger partial charge in [0.1, 0.15) is 0 Å². The second-order valence-electron chi connectivity index (χ2n) is 0. The van der Waals surface area contributed by atoms with Crippen molar-refractivity contribution >= 4 is 17.4 Å². The second-order valence-corrected chi connectivity index (χ2v) is 0. The van der Waals surface area contributed by atoms with E-state index < -0.39 is 0 Å². The van der Waals surface area contributed by atoms with Gasteiger partial charge in [-0.25, -0.2) is 0 Å². The Morgan fingerprint density at radius 3 is 0.500 bits per heavy atom. The zero-order chi connectivity index (χ0) is 0. The summed E-state index contributed by atoms with van der Waals surface area (Å²) >= 11 is 0. The van der Waals surface area contributed by atoms with Gasteiger partial charge < -0.3 is 0 Å². The van der Waals surface area contributed by atoms with Crippen LogP contribution in [0.3, 0.4) is 0 Å². The fraction of sp³-hybridized carbons (Fsp3) is 0. The molecule has 0 rings (SSSR count). The Morgan fingerprint density at radius 2 is 0.500 bits per heavy atom. The third kappa shape index (κ3) is 9.45. The Bertz CT molecular complexity index is 3.25. The molecule has 0 aliphatic heterocycles. The van der Waals surface area contributed by atoms with Crippen LogP contribution in [0.1, 0.15) is 0 Å². The molecule has 0 fully saturated rings. The summed E-state index contributed by atoms with van der Waals surface area (Å²) in [6, 6.07) is 0. The molecule has 0 N–H and O–H groups in total. The van der Waals surface area contributed by atoms with E-state index in [2.05, 4.69) is 0 Å². The van der Waals surface area contributed by atoms with Crippen LogP contribution in [0.5, 0.6) is 0 Å². The molecule has 0 aromatic carbocycles. The molecule has 0 aliphatic carbocycles. The molecule has 15 valence electrons. The van der Waals surface area contributed by atoms with E-state index in [4.69, 9.17) is 0 Å². The largest absolute Gasteiger partial charge is 0.187 e. The van der Waals surface area contributed by atoms with E-state index in [-0.39, 0.29) is 124 Å². The van der Waals surface area contributed by atoms with Crippen LogP contribution in [0.2, 0.25) is 0 Å². The monoisotopic (exact) mass is 447 g/mol. The summed E-state index contributed by atoms with van der Waals surface area (Å²) < 4.78 is 0. The van der Waals surface area contributed by atoms with Crippen LogP contribution in [0.15, 0.2) is 0 Å². The first-order valence-corrected chi connectivity index (χ1v) is 0. The Hall–Kier alpha value is 4.12. The first-order valence-electron chi connectivity index (χ1n) is 0. The van der Waals surface area contributed by atoms with Gasteiger partial charge in [0, 0.05) is 107 Å². The van der Waals surface area contributed by atoms with Gasteiger partial charge in [-0.15, -0.1) is 0 Å². The average Bonchev–Trinajstić information content (AvgIpc) is 0. The van der Waals surface area contributed by atoms with Crippen molar-refractivity contribution in [3.63, 3.8) is 0 Å². The minimum absolute atomic E-state index is 0. The van der Waals surface area contributed by atoms with E-state index in [1.54, 1.807) is 0 Å². The molecule has 0 heterocycles. The zero-order valence-corrected chi connectivity index (χ0v) is 12.6. The van der Waals surface area contributed by atoms with Crippen LogP contribution < -0.4 is 0 Å². The fourth-order valence-electron chi connectivity index (χ4n) is 0. The van der Waals surface area contributed by atoms with Crippen molar-refractivity contribution in [1.82, 2.24) is 0 Å². The quantitative estimate of drug-likeness (QED) is 0.411. The molecule has 0 aromatic heterocycles. The maximum absolute atomic E-state index is 0. The molecule has 0 atom stereocenters. The van der Waals surface area contributed by atoms with Crippen molar-refractivity contribution in [3.05, 3.63) is 0 Å². The maximum Gasteiger partial charge on any atom is 0.187 e. The summed E-state index contributed by atoms with van der Waals surface area (Å²) in [4.78, 5) is 0. The summed E-state index contributed by atoms with van der Waals surface area (Å²) in [5.41, 5.74) is 0. The van der Waals surface area contributed by atoms with Gasteiger partial charge in [-0.3, -0.25) is 0 Å². The summed E-state index contributed by atoms with van der Waals surface area (Å²) in [5, 5.41) is 0. The molecule has 0 saturated heterocycles. The zero-order valence-electron chi connectivity index (χ0n) is 1.73. The SMILES string of the molecule is [AlH3].[La].[La].[La]. The van der Waals surface area contributed by atoms with Gasteiger partial charge in [0.05, 0.1) is 0 Å². The molecule has 0 saturated carbocycles. The molecular formula is H3AlLa3. The van der Waals surface area contributed by atoms with Crippen LogP contribution in [-0.2, 0) is 0 Å². The molecule has 0 aliphatic rings. The van der Waals surface area contributed by atoms with E-state index >= 15 is 0 Å². The van der Waals surface area contributed by atoms with Crippen LogP contribution in [0.4, 0.5) is 0 Å². The first-order chi connectivity index (χ1) is 0. The van der Waals surface area contributed by atoms with E-state index in [9.17, 15) is 0 Å². The topological polar surface area (TPSA) is 0 Å². The first kappa shape index (κ1) is 24.3. The molecule has 4 heavy (non-hydrogen) atoms. The van der Waals surface area contributed by atoms with Crippen molar-refractivity contribution in [2.45, 2.75) is 0 Å². The molecular weight excluding hydrogens is 444 g/mol. The van der Waals surface area contributed by atoms with Gasteiger partial charge in [-0.1, -0.05) is 0 Å². The Morgan fingerprint density at radius 1 is 0.500 bits per heavy atom. The number of hydrogen-bond acceptors (Lipinski definition) is 0. The summed E-state index contributed by atoms with van der Waals surface area (Å²) in [5.74, 6) is 0. The van der Waals surface area contributed by atoms with Crippen LogP contribution in [-0.4, -0.2) is 17.4 Å². The van der Waals surface area contributed by atoms with Crippen molar-refractivity contribution in [2.75, 3.05) is 0 Å². The van der Waals surface area contributed by atoms with Crippen molar-refractivity contribution in [1.29, 1.82) is 0 Å². The molecule has 0 spiro atoms. The second kappa shape index (κ2) is 15.7. The van der Waals surface area contributed by atoms with Gasteiger partial charge in [-0.2, -0.15) is 0 Å². The molecule has 3 radical (unpaired) electrons. The molecule has 0 amide bonds. The van der Waals surface area contributed by atoms with Crippen molar-refractivity contribution < 1.29 is 107 Å². The molecule has 0 aromatic rings. The fourth-order valence-corrected chi connectivity index (χ4v) is 0. The van der Waals surface area contributed by atoms with Crippen molar-refractivity contribution in [2.24, 2.45) is 0 Å². The van der Waals surface area contributed by atoms with Crippen molar-refractivity contribution in [3.8, 4) is 0 Å². The van der Waals surface area contributed by atoms with Gasteiger partial charge in [0.2, 0.25) is 0 Å². The van der Waals surface area contributed by atoms with Gasteiger partial charge in [0.15, 0.2) is 17.4 Å². The van der Waals surface area contributed by atoms with E-state index in [1.165, 1.54) is 0 Å². The van der Waals surface area contributed by atoms with E-state index in [0.29, 0.717) is 0 Å². The van der Waals surface area contributed by atoms with Gasteiger partial charge >= 0.3 is 0 Å². The van der Waals surface area contributed by atoms with Gasteiger partial charge in [-0.05, 0) is 0 Å². The molecule has 0 nitrogen and oxygen atoms in total. The van der Waals surface area contributed by atoms with E-state index in [1.807, 2.05) is 0 Å². The Kier molecular flexibility index (Phi) is 95.3. The third-order valence-corrected chi connectivity index (χ3v) is 0. The predicted octanol–water partition coefficient (Wildman–Crippen LogP) is -1.18. The summed E-state index contributed by atoms with van der Waals surface area (Å²) in [7, 11) is 0. The minimum atomic E-state index is 0. The Balaban J connectivity index is 0. The summed E-state index contributed by atoms with van der Waals surface area (Å²) in [6.45, 7) is 0. The van der Waals surface area contributed by atoms with Gasteiger partial charge in [0.25, 0.3) is 0 Å². The standard InChI is InChI=1S/Al.3La.3H. The number of rotatable bonds is 0. The smallest absolute Gasteiger partial charge is 0 e. The Labute approximate surface area is 121 Å². The molecule has 0 unspecified atom stereocenters.